The Morgan fingerprint density at radius 3 is 2.74 bits per heavy atom. The van der Waals surface area contributed by atoms with E-state index in [-0.39, 0.29) is 11.7 Å². The molecule has 3 aliphatic heterocycles. The normalized spacial score (nSPS) is 21.4. The Kier molecular flexibility index (Phi) is 5.71. The molecule has 3 aromatic rings. The van der Waals surface area contributed by atoms with Crippen LogP contribution in [-0.4, -0.2) is 62.0 Å². The van der Waals surface area contributed by atoms with Gasteiger partial charge in [0.25, 0.3) is 0 Å². The third-order valence-electron chi connectivity index (χ3n) is 7.23. The summed E-state index contributed by atoms with van der Waals surface area (Å²) in [7, 11) is 0. The van der Waals surface area contributed by atoms with Crippen LogP contribution in [0.25, 0.3) is 5.69 Å². The molecule has 0 saturated carbocycles. The highest BCUT2D eigenvalue weighted by Crippen LogP contribution is 2.35. The summed E-state index contributed by atoms with van der Waals surface area (Å²) in [5.41, 5.74) is 2.68. The first-order chi connectivity index (χ1) is 16.6. The topological polar surface area (TPSA) is 72.2 Å². The molecular formula is C24H27ClFN7O. The summed E-state index contributed by atoms with van der Waals surface area (Å²) in [6.45, 7) is 6.34. The van der Waals surface area contributed by atoms with E-state index >= 15 is 0 Å². The Morgan fingerprint density at radius 1 is 1.12 bits per heavy atom. The van der Waals surface area contributed by atoms with Gasteiger partial charge in [0.05, 0.1) is 30.7 Å². The average molecular weight is 484 g/mol. The molecule has 34 heavy (non-hydrogen) atoms. The summed E-state index contributed by atoms with van der Waals surface area (Å²) in [5, 5.41) is 10.1. The fourth-order valence-corrected chi connectivity index (χ4v) is 5.51. The molecule has 0 bridgehead atoms. The van der Waals surface area contributed by atoms with Crippen molar-refractivity contribution in [3.8, 4) is 5.69 Å². The van der Waals surface area contributed by atoms with Crippen molar-refractivity contribution >= 4 is 17.5 Å². The number of ether oxygens (including phenoxy) is 1. The number of anilines is 1. The molecule has 2 aromatic heterocycles. The summed E-state index contributed by atoms with van der Waals surface area (Å²) in [5.74, 6) is 2.44. The van der Waals surface area contributed by atoms with Crippen LogP contribution in [0.2, 0.25) is 5.02 Å². The maximum Gasteiger partial charge on any atom is 0.225 e. The van der Waals surface area contributed by atoms with E-state index in [1.54, 1.807) is 6.92 Å². The van der Waals surface area contributed by atoms with Crippen LogP contribution in [0.15, 0.2) is 24.4 Å². The lowest BCUT2D eigenvalue weighted by Crippen LogP contribution is -2.35. The van der Waals surface area contributed by atoms with E-state index in [1.165, 1.54) is 11.8 Å². The van der Waals surface area contributed by atoms with Crippen LogP contribution in [0.5, 0.6) is 0 Å². The second kappa shape index (κ2) is 8.87. The molecule has 1 atom stereocenters. The molecule has 178 valence electrons. The number of halogens is 2. The summed E-state index contributed by atoms with van der Waals surface area (Å²) >= 11 is 6.40. The van der Waals surface area contributed by atoms with Crippen molar-refractivity contribution in [2.45, 2.75) is 51.2 Å². The largest absolute Gasteiger partial charge is 0.380 e. The Hall–Kier alpha value is -2.62. The monoisotopic (exact) mass is 483 g/mol. The minimum absolute atomic E-state index is 0.268. The van der Waals surface area contributed by atoms with Crippen LogP contribution >= 0.6 is 11.6 Å². The number of aryl methyl sites for hydroxylation is 1. The molecule has 3 aliphatic rings. The fraction of sp³-hybridized carbons (Fsp3) is 0.500. The van der Waals surface area contributed by atoms with Crippen LogP contribution < -0.4 is 4.90 Å². The Balaban J connectivity index is 1.29. The van der Waals surface area contributed by atoms with Gasteiger partial charge >= 0.3 is 0 Å². The molecule has 0 aliphatic carbocycles. The Labute approximate surface area is 202 Å². The lowest BCUT2D eigenvalue weighted by Gasteiger charge is -2.31. The van der Waals surface area contributed by atoms with Crippen molar-refractivity contribution in [2.24, 2.45) is 0 Å². The van der Waals surface area contributed by atoms with E-state index in [0.717, 1.165) is 81.0 Å². The number of piperidine rings is 1. The first kappa shape index (κ1) is 21.9. The van der Waals surface area contributed by atoms with Crippen molar-refractivity contribution in [2.75, 3.05) is 31.2 Å². The van der Waals surface area contributed by atoms with Gasteiger partial charge in [0.2, 0.25) is 5.95 Å². The highest BCUT2D eigenvalue weighted by Gasteiger charge is 2.33. The third kappa shape index (κ3) is 3.95. The Bertz CT molecular complexity index is 1200. The molecule has 6 rings (SSSR count). The predicted molar refractivity (Wildman–Crippen MR) is 126 cm³/mol. The molecule has 0 N–H and O–H groups in total. The van der Waals surface area contributed by atoms with Crippen LogP contribution in [0.3, 0.4) is 0 Å². The lowest BCUT2D eigenvalue weighted by atomic mass is 9.95. The van der Waals surface area contributed by atoms with Crippen LogP contribution in [0.4, 0.5) is 10.3 Å². The number of hydrogen-bond acceptors (Lipinski definition) is 7. The molecule has 10 heteroatoms. The van der Waals surface area contributed by atoms with Gasteiger partial charge in [-0.15, -0.1) is 10.2 Å². The first-order valence-corrected chi connectivity index (χ1v) is 12.2. The summed E-state index contributed by atoms with van der Waals surface area (Å²) in [4.78, 5) is 13.1. The molecule has 8 nitrogen and oxygen atoms in total. The maximum atomic E-state index is 13.6. The van der Waals surface area contributed by atoms with Gasteiger partial charge in [0, 0.05) is 43.2 Å². The van der Waals surface area contributed by atoms with Crippen molar-refractivity contribution in [3.63, 3.8) is 0 Å². The maximum absolute atomic E-state index is 13.6. The predicted octanol–water partition coefficient (Wildman–Crippen LogP) is 3.65. The van der Waals surface area contributed by atoms with E-state index in [1.807, 2.05) is 6.07 Å². The van der Waals surface area contributed by atoms with E-state index in [4.69, 9.17) is 21.4 Å². The highest BCUT2D eigenvalue weighted by atomic mass is 35.5. The van der Waals surface area contributed by atoms with E-state index in [0.29, 0.717) is 17.7 Å². The van der Waals surface area contributed by atoms with Crippen molar-refractivity contribution in [3.05, 3.63) is 58.1 Å². The smallest absolute Gasteiger partial charge is 0.225 e. The quantitative estimate of drug-likeness (QED) is 0.563. The molecule has 2 saturated heterocycles. The minimum Gasteiger partial charge on any atom is -0.380 e. The molecule has 0 amide bonds. The number of hydrogen-bond donors (Lipinski definition) is 0. The molecule has 2 fully saturated rings. The van der Waals surface area contributed by atoms with Gasteiger partial charge in [0.1, 0.15) is 5.82 Å². The highest BCUT2D eigenvalue weighted by molar-refractivity contribution is 6.30. The summed E-state index contributed by atoms with van der Waals surface area (Å²) in [6, 6.07) is 6.47. The van der Waals surface area contributed by atoms with E-state index < -0.39 is 0 Å². The lowest BCUT2D eigenvalue weighted by molar-refractivity contribution is 0.133. The SMILES string of the molecule is Cc1nc(N2CCC(c3nnc4n3-c3ccc(Cl)cc3CN([C@H]3CCOC3)C4)CC2)ncc1F. The van der Waals surface area contributed by atoms with E-state index in [2.05, 4.69) is 41.6 Å². The van der Waals surface area contributed by atoms with Gasteiger partial charge in [-0.25, -0.2) is 14.4 Å². The van der Waals surface area contributed by atoms with Crippen molar-refractivity contribution in [1.29, 1.82) is 0 Å². The van der Waals surface area contributed by atoms with Gasteiger partial charge in [-0.05, 0) is 49.9 Å². The number of aromatic nitrogens is 5. The van der Waals surface area contributed by atoms with Crippen LogP contribution in [0.1, 0.15) is 48.1 Å². The second-order valence-electron chi connectivity index (χ2n) is 9.37. The van der Waals surface area contributed by atoms with E-state index in [9.17, 15) is 4.39 Å². The summed E-state index contributed by atoms with van der Waals surface area (Å²) in [6.07, 6.45) is 4.09. The van der Waals surface area contributed by atoms with Crippen molar-refractivity contribution in [1.82, 2.24) is 29.6 Å². The third-order valence-corrected chi connectivity index (χ3v) is 7.46. The van der Waals surface area contributed by atoms with Gasteiger partial charge in [-0.3, -0.25) is 9.47 Å². The standard InChI is InChI=1S/C24H27ClFN7O/c1-15-20(26)11-27-24(28-15)31-7-4-16(5-8-31)23-30-29-22-13-32(19-6-9-34-14-19)12-17-10-18(25)2-3-21(17)33(22)23/h2-3,10-11,16,19H,4-9,12-14H2,1H3/t19-/m0/s1. The number of benzene rings is 1. The number of rotatable bonds is 3. The zero-order chi connectivity index (χ0) is 23.2. The molecule has 5 heterocycles. The van der Waals surface area contributed by atoms with Gasteiger partial charge in [0.15, 0.2) is 11.6 Å². The van der Waals surface area contributed by atoms with Crippen LogP contribution in [-0.2, 0) is 17.8 Å². The van der Waals surface area contributed by atoms with Gasteiger partial charge in [-0.2, -0.15) is 0 Å². The minimum atomic E-state index is -0.373. The first-order valence-electron chi connectivity index (χ1n) is 11.9. The van der Waals surface area contributed by atoms with Gasteiger partial charge < -0.3 is 9.64 Å². The zero-order valence-corrected chi connectivity index (χ0v) is 19.9. The second-order valence-corrected chi connectivity index (χ2v) is 9.81. The van der Waals surface area contributed by atoms with Crippen LogP contribution in [0, 0.1) is 12.7 Å². The molecule has 1 aromatic carbocycles. The average Bonchev–Trinajstić information content (AvgIpc) is 3.49. The zero-order valence-electron chi connectivity index (χ0n) is 19.1. The Morgan fingerprint density at radius 2 is 1.97 bits per heavy atom. The van der Waals surface area contributed by atoms with Gasteiger partial charge in [-0.1, -0.05) is 11.6 Å². The summed E-state index contributed by atoms with van der Waals surface area (Å²) < 4.78 is 21.5. The number of nitrogens with zero attached hydrogens (tertiary/aromatic N) is 7. The molecule has 0 radical (unpaired) electrons. The molecule has 0 spiro atoms. The molecular weight excluding hydrogens is 457 g/mol. The molecule has 0 unspecified atom stereocenters. The fourth-order valence-electron chi connectivity index (χ4n) is 5.31. The number of fused-ring (bicyclic) bond motifs is 3. The van der Waals surface area contributed by atoms with Crippen molar-refractivity contribution < 1.29 is 9.13 Å².